The molecule has 0 saturated carbocycles. The molecular weight excluding hydrogens is 306 g/mol. The highest BCUT2D eigenvalue weighted by Gasteiger charge is 2.30. The average molecular weight is 333 g/mol. The largest absolute Gasteiger partial charge is 0.460 e. The van der Waals surface area contributed by atoms with Crippen LogP contribution in [-0.2, 0) is 20.9 Å². The molecule has 0 aromatic heterocycles. The van der Waals surface area contributed by atoms with Gasteiger partial charge in [-0.2, -0.15) is 0 Å². The summed E-state index contributed by atoms with van der Waals surface area (Å²) in [5, 5.41) is 0. The second kappa shape index (κ2) is 8.18. The van der Waals surface area contributed by atoms with E-state index in [0.29, 0.717) is 19.4 Å². The van der Waals surface area contributed by atoms with Crippen LogP contribution in [0.15, 0.2) is 30.3 Å². The quantitative estimate of drug-likeness (QED) is 0.767. The molecule has 0 aliphatic carbocycles. The van der Waals surface area contributed by atoms with E-state index in [-0.39, 0.29) is 24.7 Å². The van der Waals surface area contributed by atoms with Crippen molar-refractivity contribution in [1.82, 2.24) is 4.90 Å². The Bertz CT molecular complexity index is 550. The third kappa shape index (κ3) is 5.87. The number of benzene rings is 1. The molecule has 1 aliphatic rings. The second-order valence-electron chi connectivity index (χ2n) is 7.15. The van der Waals surface area contributed by atoms with Crippen molar-refractivity contribution in [3.63, 3.8) is 0 Å². The molecule has 1 aromatic carbocycles. The first-order valence-corrected chi connectivity index (χ1v) is 8.54. The highest BCUT2D eigenvalue weighted by molar-refractivity contribution is 5.71. The standard InChI is InChI=1S/C19H27NO4/c1-19(2,3)24-17(21)12-11-16-10-7-13-20(16)18(22)23-14-15-8-5-4-6-9-15/h4-6,8-9,16H,7,10-14H2,1-3H3/t16-/m0/s1. The molecule has 0 radical (unpaired) electrons. The van der Waals surface area contributed by atoms with Gasteiger partial charge in [0, 0.05) is 19.0 Å². The maximum atomic E-state index is 12.3. The Hall–Kier alpha value is -2.04. The van der Waals surface area contributed by atoms with Crippen molar-refractivity contribution < 1.29 is 19.1 Å². The van der Waals surface area contributed by atoms with E-state index in [1.807, 2.05) is 51.1 Å². The van der Waals surface area contributed by atoms with Gasteiger partial charge >= 0.3 is 12.1 Å². The van der Waals surface area contributed by atoms with Crippen molar-refractivity contribution in [2.75, 3.05) is 6.54 Å². The summed E-state index contributed by atoms with van der Waals surface area (Å²) in [6.45, 7) is 6.52. The number of likely N-dealkylation sites (tertiary alicyclic amines) is 1. The molecule has 1 aromatic rings. The summed E-state index contributed by atoms with van der Waals surface area (Å²) < 4.78 is 10.7. The third-order valence-corrected chi connectivity index (χ3v) is 3.92. The van der Waals surface area contributed by atoms with Crippen LogP contribution in [0.2, 0.25) is 0 Å². The maximum absolute atomic E-state index is 12.3. The van der Waals surface area contributed by atoms with Gasteiger partial charge in [-0.3, -0.25) is 4.79 Å². The van der Waals surface area contributed by atoms with E-state index >= 15 is 0 Å². The van der Waals surface area contributed by atoms with Crippen LogP contribution in [0.4, 0.5) is 4.79 Å². The Balaban J connectivity index is 1.79. The summed E-state index contributed by atoms with van der Waals surface area (Å²) in [5.74, 6) is -0.216. The zero-order chi connectivity index (χ0) is 17.6. The minimum Gasteiger partial charge on any atom is -0.460 e. The number of hydrogen-bond acceptors (Lipinski definition) is 4. The van der Waals surface area contributed by atoms with Crippen LogP contribution in [0, 0.1) is 0 Å². The number of carbonyl (C=O) groups excluding carboxylic acids is 2. The molecule has 1 heterocycles. The lowest BCUT2D eigenvalue weighted by molar-refractivity contribution is -0.155. The molecule has 132 valence electrons. The molecule has 0 unspecified atom stereocenters. The second-order valence-corrected chi connectivity index (χ2v) is 7.15. The van der Waals surface area contributed by atoms with E-state index in [9.17, 15) is 9.59 Å². The molecule has 0 bridgehead atoms. The normalized spacial score (nSPS) is 17.6. The van der Waals surface area contributed by atoms with Crippen LogP contribution in [0.5, 0.6) is 0 Å². The highest BCUT2D eigenvalue weighted by Crippen LogP contribution is 2.23. The smallest absolute Gasteiger partial charge is 0.410 e. The Morgan fingerprint density at radius 1 is 1.21 bits per heavy atom. The zero-order valence-corrected chi connectivity index (χ0v) is 14.8. The van der Waals surface area contributed by atoms with E-state index in [1.165, 1.54) is 0 Å². The third-order valence-electron chi connectivity index (χ3n) is 3.92. The van der Waals surface area contributed by atoms with Crippen molar-refractivity contribution in [3.8, 4) is 0 Å². The maximum Gasteiger partial charge on any atom is 0.410 e. The molecule has 1 fully saturated rings. The molecule has 1 amide bonds. The van der Waals surface area contributed by atoms with Crippen LogP contribution in [0.3, 0.4) is 0 Å². The summed E-state index contributed by atoms with van der Waals surface area (Å²) in [4.78, 5) is 25.9. The summed E-state index contributed by atoms with van der Waals surface area (Å²) in [6, 6.07) is 9.68. The number of esters is 1. The fourth-order valence-electron chi connectivity index (χ4n) is 2.86. The lowest BCUT2D eigenvalue weighted by atomic mass is 10.1. The average Bonchev–Trinajstić information content (AvgIpc) is 2.98. The number of rotatable bonds is 5. The van der Waals surface area contributed by atoms with E-state index in [4.69, 9.17) is 9.47 Å². The van der Waals surface area contributed by atoms with E-state index in [0.717, 1.165) is 18.4 Å². The summed E-state index contributed by atoms with van der Waals surface area (Å²) >= 11 is 0. The van der Waals surface area contributed by atoms with Gasteiger partial charge < -0.3 is 14.4 Å². The predicted octanol–water partition coefficient (Wildman–Crippen LogP) is 3.91. The number of amides is 1. The van der Waals surface area contributed by atoms with Gasteiger partial charge in [-0.25, -0.2) is 4.79 Å². The number of ether oxygens (including phenoxy) is 2. The summed E-state index contributed by atoms with van der Waals surface area (Å²) in [5.41, 5.74) is 0.497. The Kier molecular flexibility index (Phi) is 6.23. The first-order valence-electron chi connectivity index (χ1n) is 8.54. The van der Waals surface area contributed by atoms with E-state index in [1.54, 1.807) is 4.90 Å². The lowest BCUT2D eigenvalue weighted by Gasteiger charge is -2.25. The molecule has 1 saturated heterocycles. The molecule has 2 rings (SSSR count). The monoisotopic (exact) mass is 333 g/mol. The van der Waals surface area contributed by atoms with Crippen LogP contribution < -0.4 is 0 Å². The fraction of sp³-hybridized carbons (Fsp3) is 0.579. The van der Waals surface area contributed by atoms with Gasteiger partial charge in [-0.1, -0.05) is 30.3 Å². The van der Waals surface area contributed by atoms with Crippen molar-refractivity contribution >= 4 is 12.1 Å². The van der Waals surface area contributed by atoms with Gasteiger partial charge in [0.1, 0.15) is 12.2 Å². The Morgan fingerprint density at radius 3 is 2.58 bits per heavy atom. The number of nitrogens with zero attached hydrogens (tertiary/aromatic N) is 1. The fourth-order valence-corrected chi connectivity index (χ4v) is 2.86. The van der Waals surface area contributed by atoms with Crippen molar-refractivity contribution in [3.05, 3.63) is 35.9 Å². The highest BCUT2D eigenvalue weighted by atomic mass is 16.6. The SMILES string of the molecule is CC(C)(C)OC(=O)CC[C@@H]1CCCN1C(=O)OCc1ccccc1. The van der Waals surface area contributed by atoms with E-state index in [2.05, 4.69) is 0 Å². The van der Waals surface area contributed by atoms with Crippen LogP contribution in [-0.4, -0.2) is 35.2 Å². The molecule has 5 nitrogen and oxygen atoms in total. The van der Waals surface area contributed by atoms with Gasteiger partial charge in [-0.15, -0.1) is 0 Å². The molecule has 0 spiro atoms. The molecule has 1 atom stereocenters. The minimum absolute atomic E-state index is 0.0563. The minimum atomic E-state index is -0.471. The first-order chi connectivity index (χ1) is 11.3. The van der Waals surface area contributed by atoms with Gasteiger partial charge in [-0.05, 0) is 45.6 Å². The summed E-state index contributed by atoms with van der Waals surface area (Å²) in [7, 11) is 0. The first kappa shape index (κ1) is 18.3. The predicted molar refractivity (Wildman–Crippen MR) is 91.4 cm³/mol. The molecule has 5 heteroatoms. The van der Waals surface area contributed by atoms with Crippen LogP contribution >= 0.6 is 0 Å². The number of carbonyl (C=O) groups is 2. The van der Waals surface area contributed by atoms with Crippen molar-refractivity contribution in [1.29, 1.82) is 0 Å². The van der Waals surface area contributed by atoms with Crippen molar-refractivity contribution in [2.45, 2.75) is 64.7 Å². The molecular formula is C19H27NO4. The summed E-state index contributed by atoms with van der Waals surface area (Å²) in [6.07, 6.45) is 2.49. The topological polar surface area (TPSA) is 55.8 Å². The van der Waals surface area contributed by atoms with Gasteiger partial charge in [0.05, 0.1) is 0 Å². The van der Waals surface area contributed by atoms with Gasteiger partial charge in [0.25, 0.3) is 0 Å². The Morgan fingerprint density at radius 2 is 1.92 bits per heavy atom. The molecule has 1 aliphatic heterocycles. The Labute approximate surface area is 143 Å². The zero-order valence-electron chi connectivity index (χ0n) is 14.8. The van der Waals surface area contributed by atoms with Gasteiger partial charge in [0.2, 0.25) is 0 Å². The van der Waals surface area contributed by atoms with Crippen molar-refractivity contribution in [2.24, 2.45) is 0 Å². The molecule has 0 N–H and O–H groups in total. The van der Waals surface area contributed by atoms with Crippen LogP contribution in [0.1, 0.15) is 52.0 Å². The number of hydrogen-bond donors (Lipinski definition) is 0. The lowest BCUT2D eigenvalue weighted by Crippen LogP contribution is -2.36. The van der Waals surface area contributed by atoms with Gasteiger partial charge in [0.15, 0.2) is 0 Å². The molecule has 24 heavy (non-hydrogen) atoms. The van der Waals surface area contributed by atoms with Crippen LogP contribution in [0.25, 0.3) is 0 Å². The van der Waals surface area contributed by atoms with E-state index < -0.39 is 5.60 Å².